The van der Waals surface area contributed by atoms with Crippen molar-refractivity contribution in [1.82, 2.24) is 4.90 Å². The van der Waals surface area contributed by atoms with Gasteiger partial charge >= 0.3 is 5.97 Å². The van der Waals surface area contributed by atoms with Gasteiger partial charge in [0, 0.05) is 45.7 Å². The molecule has 3 heterocycles. The van der Waals surface area contributed by atoms with E-state index >= 15 is 0 Å². The SMILES string of the molecule is COC1(OC)CC[C@]23OCN4CC[C@@]25c2c(ccc(OC(C)=O)c2O[C@@H]15)C[C@@H]43. The van der Waals surface area contributed by atoms with Crippen molar-refractivity contribution in [1.29, 1.82) is 0 Å². The number of esters is 1. The summed E-state index contributed by atoms with van der Waals surface area (Å²) in [6.07, 6.45) is 3.03. The van der Waals surface area contributed by atoms with Crippen LogP contribution in [0.5, 0.6) is 11.5 Å². The monoisotopic (exact) mass is 387 g/mol. The molecule has 6 rings (SSSR count). The van der Waals surface area contributed by atoms with Crippen LogP contribution in [0.4, 0.5) is 0 Å². The van der Waals surface area contributed by atoms with Crippen molar-refractivity contribution in [3.05, 3.63) is 23.3 Å². The van der Waals surface area contributed by atoms with Crippen LogP contribution in [0.15, 0.2) is 12.1 Å². The van der Waals surface area contributed by atoms with E-state index in [0.29, 0.717) is 30.7 Å². The highest BCUT2D eigenvalue weighted by atomic mass is 16.7. The highest BCUT2D eigenvalue weighted by Gasteiger charge is 2.79. The lowest BCUT2D eigenvalue weighted by atomic mass is 9.48. The quantitative estimate of drug-likeness (QED) is 0.445. The van der Waals surface area contributed by atoms with Gasteiger partial charge in [0.15, 0.2) is 17.6 Å². The van der Waals surface area contributed by atoms with E-state index in [-0.39, 0.29) is 23.1 Å². The highest BCUT2D eigenvalue weighted by Crippen LogP contribution is 2.70. The van der Waals surface area contributed by atoms with Crippen LogP contribution in [0.2, 0.25) is 0 Å². The minimum Gasteiger partial charge on any atom is -0.479 e. The third-order valence-corrected chi connectivity index (χ3v) is 7.96. The summed E-state index contributed by atoms with van der Waals surface area (Å²) in [5, 5.41) is 0. The molecule has 0 N–H and O–H groups in total. The first-order chi connectivity index (χ1) is 13.5. The Balaban J connectivity index is 1.65. The van der Waals surface area contributed by atoms with Gasteiger partial charge in [-0.3, -0.25) is 9.69 Å². The molecule has 150 valence electrons. The summed E-state index contributed by atoms with van der Waals surface area (Å²) in [4.78, 5) is 14.2. The number of ether oxygens (including phenoxy) is 5. The van der Waals surface area contributed by atoms with Gasteiger partial charge in [0.1, 0.15) is 6.73 Å². The van der Waals surface area contributed by atoms with Crippen LogP contribution in [-0.4, -0.2) is 61.9 Å². The fourth-order valence-electron chi connectivity index (χ4n) is 6.93. The lowest BCUT2D eigenvalue weighted by molar-refractivity contribution is -0.309. The number of carbonyl (C=O) groups is 1. The second-order valence-corrected chi connectivity index (χ2v) is 8.66. The van der Waals surface area contributed by atoms with E-state index in [1.807, 2.05) is 6.07 Å². The molecular weight excluding hydrogens is 362 g/mol. The average Bonchev–Trinajstić information content (AvgIpc) is 3.15. The molecule has 2 saturated heterocycles. The number of methoxy groups -OCH3 is 2. The summed E-state index contributed by atoms with van der Waals surface area (Å²) in [6, 6.07) is 4.28. The Morgan fingerprint density at radius 3 is 2.79 bits per heavy atom. The smallest absolute Gasteiger partial charge is 0.308 e. The Morgan fingerprint density at radius 2 is 2.04 bits per heavy atom. The third-order valence-electron chi connectivity index (χ3n) is 7.96. The number of nitrogens with zero attached hydrogens (tertiary/aromatic N) is 1. The molecule has 1 aromatic rings. The minimum atomic E-state index is -0.856. The normalized spacial score (nSPS) is 40.6. The standard InChI is InChI=1S/C21H25NO6/c1-12(23)27-14-5-4-13-10-15-20-6-7-21(24-2,25-3)18-19(20,16(13)17(14)28-18)8-9-22(15)11-26-20/h4-5,15,18H,6-11H2,1-3H3/t15-,18-,19+,20-/m1/s1. The molecule has 0 amide bonds. The van der Waals surface area contributed by atoms with Crippen LogP contribution in [-0.2, 0) is 30.8 Å². The molecule has 3 fully saturated rings. The lowest BCUT2D eigenvalue weighted by Crippen LogP contribution is -2.77. The van der Waals surface area contributed by atoms with Gasteiger partial charge in [-0.1, -0.05) is 6.07 Å². The Kier molecular flexibility index (Phi) is 3.24. The number of piperidine rings is 1. The van der Waals surface area contributed by atoms with Gasteiger partial charge in [-0.2, -0.15) is 0 Å². The molecule has 2 aliphatic carbocycles. The molecular formula is C21H25NO6. The van der Waals surface area contributed by atoms with Crippen LogP contribution in [0.3, 0.4) is 0 Å². The number of benzene rings is 1. The zero-order chi connectivity index (χ0) is 19.3. The molecule has 0 aromatic heterocycles. The number of rotatable bonds is 3. The van der Waals surface area contributed by atoms with Crippen LogP contribution in [0.25, 0.3) is 0 Å². The van der Waals surface area contributed by atoms with Crippen LogP contribution < -0.4 is 9.47 Å². The van der Waals surface area contributed by atoms with Gasteiger partial charge in [0.25, 0.3) is 0 Å². The summed E-state index contributed by atoms with van der Waals surface area (Å²) in [6.45, 7) is 3.02. The molecule has 7 nitrogen and oxygen atoms in total. The summed E-state index contributed by atoms with van der Waals surface area (Å²) in [7, 11) is 3.37. The van der Waals surface area contributed by atoms with Gasteiger partial charge in [0.05, 0.1) is 11.0 Å². The molecule has 1 aromatic carbocycles. The van der Waals surface area contributed by atoms with Crippen LogP contribution >= 0.6 is 0 Å². The molecule has 1 saturated carbocycles. The van der Waals surface area contributed by atoms with E-state index in [2.05, 4.69) is 11.0 Å². The van der Waals surface area contributed by atoms with Crippen molar-refractivity contribution in [2.75, 3.05) is 27.5 Å². The molecule has 28 heavy (non-hydrogen) atoms. The second-order valence-electron chi connectivity index (χ2n) is 8.66. The number of hydrogen-bond donors (Lipinski definition) is 0. The van der Waals surface area contributed by atoms with E-state index in [1.54, 1.807) is 14.2 Å². The van der Waals surface area contributed by atoms with Crippen molar-refractivity contribution in [2.24, 2.45) is 0 Å². The summed E-state index contributed by atoms with van der Waals surface area (Å²) in [5.74, 6) is -0.0670. The number of hydrogen-bond acceptors (Lipinski definition) is 7. The first-order valence-corrected chi connectivity index (χ1v) is 10.0. The van der Waals surface area contributed by atoms with Gasteiger partial charge in [-0.25, -0.2) is 0 Å². The largest absolute Gasteiger partial charge is 0.479 e. The zero-order valence-corrected chi connectivity index (χ0v) is 16.4. The first kappa shape index (κ1) is 17.2. The van der Waals surface area contributed by atoms with E-state index in [4.69, 9.17) is 23.7 Å². The van der Waals surface area contributed by atoms with Crippen molar-refractivity contribution in [3.8, 4) is 11.5 Å². The maximum atomic E-state index is 11.7. The van der Waals surface area contributed by atoms with Gasteiger partial charge in [-0.15, -0.1) is 0 Å². The van der Waals surface area contributed by atoms with E-state index in [0.717, 1.165) is 31.4 Å². The summed E-state index contributed by atoms with van der Waals surface area (Å²) in [5.41, 5.74) is 1.72. The summed E-state index contributed by atoms with van der Waals surface area (Å²) < 4.78 is 30.7. The lowest BCUT2D eigenvalue weighted by Gasteiger charge is -2.62. The molecule has 7 heteroatoms. The van der Waals surface area contributed by atoms with E-state index < -0.39 is 5.79 Å². The average molecular weight is 387 g/mol. The van der Waals surface area contributed by atoms with Crippen molar-refractivity contribution in [2.45, 2.75) is 61.6 Å². The Morgan fingerprint density at radius 1 is 1.21 bits per heavy atom. The fraction of sp³-hybridized carbons (Fsp3) is 0.667. The Labute approximate surface area is 163 Å². The van der Waals surface area contributed by atoms with Crippen molar-refractivity contribution in [3.63, 3.8) is 0 Å². The predicted molar refractivity (Wildman–Crippen MR) is 97.3 cm³/mol. The van der Waals surface area contributed by atoms with Crippen molar-refractivity contribution < 1.29 is 28.5 Å². The van der Waals surface area contributed by atoms with Crippen LogP contribution in [0, 0.1) is 0 Å². The van der Waals surface area contributed by atoms with Crippen LogP contribution in [0.1, 0.15) is 37.3 Å². The molecule has 4 bridgehead atoms. The highest BCUT2D eigenvalue weighted by molar-refractivity contribution is 5.73. The number of carbonyl (C=O) groups excluding carboxylic acids is 1. The van der Waals surface area contributed by atoms with E-state index in [9.17, 15) is 4.79 Å². The minimum absolute atomic E-state index is 0.316. The fourth-order valence-corrected chi connectivity index (χ4v) is 6.93. The van der Waals surface area contributed by atoms with Gasteiger partial charge in [0.2, 0.25) is 5.79 Å². The van der Waals surface area contributed by atoms with Gasteiger partial charge in [-0.05, 0) is 30.9 Å². The molecule has 2 spiro atoms. The van der Waals surface area contributed by atoms with Gasteiger partial charge < -0.3 is 23.7 Å². The molecule has 0 radical (unpaired) electrons. The first-order valence-electron chi connectivity index (χ1n) is 10.0. The summed E-state index contributed by atoms with van der Waals surface area (Å²) >= 11 is 0. The maximum absolute atomic E-state index is 11.7. The molecule has 5 aliphatic rings. The predicted octanol–water partition coefficient (Wildman–Crippen LogP) is 1.75. The zero-order valence-electron chi connectivity index (χ0n) is 16.4. The second kappa shape index (κ2) is 5.27. The topological polar surface area (TPSA) is 66.5 Å². The molecule has 1 unspecified atom stereocenters. The van der Waals surface area contributed by atoms with E-state index in [1.165, 1.54) is 12.5 Å². The Hall–Kier alpha value is -1.67. The maximum Gasteiger partial charge on any atom is 0.308 e. The van der Waals surface area contributed by atoms with Crippen molar-refractivity contribution >= 4 is 5.97 Å². The molecule has 5 atom stereocenters. The third kappa shape index (κ3) is 1.66. The molecule has 3 aliphatic heterocycles. The Bertz CT molecular complexity index is 882.